The summed E-state index contributed by atoms with van der Waals surface area (Å²) in [7, 11) is 0. The van der Waals surface area contributed by atoms with Crippen molar-refractivity contribution in [3.05, 3.63) is 89.5 Å². The molecule has 0 bridgehead atoms. The number of aliphatic hydroxyl groups is 1. The third-order valence-corrected chi connectivity index (χ3v) is 10.1. The van der Waals surface area contributed by atoms with Crippen LogP contribution >= 0.6 is 0 Å². The topological polar surface area (TPSA) is 125 Å². The normalized spacial score (nSPS) is 29.6. The number of carbonyl (C=O) groups is 4. The molecule has 2 aromatic rings. The average Bonchev–Trinajstić information content (AvgIpc) is 3.46. The number of anilines is 1. The standard InChI is InChI=1S/C38H45N3O7/c1-25-14-12-15-26(2)33(25)40-22-13-20-38-32(36(45)41(34(38)37(40)46)21-10-3-4-11-23-42)31-29(48-38)18-8-9-19-30(43)47-24-28(39-35(31)44)27-16-6-5-7-17-27/h5-8,12-18,20,28-29,31-32,34,42H,3-4,9-11,19,21-24H2,1-2H3,(H,39,44)/b18-8-/t28-,29+,31-,32-,34+,38-/m1/s1. The predicted octanol–water partition coefficient (Wildman–Crippen LogP) is 4.09. The molecular formula is C38H45N3O7. The lowest BCUT2D eigenvalue weighted by Crippen LogP contribution is -2.55. The SMILES string of the molecule is Cc1cccc(C)c1N1CC=C[C@@]23O[C@H]4/C=C\CCC(=O)OC[C@H](c5ccccc5)NC(=O)[C@H]4[C@@H]2C(=O)N(CCCCCCO)[C@H]3C1=O. The molecule has 4 aliphatic heterocycles. The number of fused-ring (bicyclic) bond motifs is 2. The zero-order chi connectivity index (χ0) is 33.8. The third kappa shape index (κ3) is 6.31. The fourth-order valence-electron chi connectivity index (χ4n) is 7.86. The summed E-state index contributed by atoms with van der Waals surface area (Å²) in [5, 5.41) is 12.4. The zero-order valence-corrected chi connectivity index (χ0v) is 27.7. The van der Waals surface area contributed by atoms with E-state index in [0.717, 1.165) is 35.2 Å². The van der Waals surface area contributed by atoms with Gasteiger partial charge in [-0.2, -0.15) is 0 Å². The largest absolute Gasteiger partial charge is 0.463 e. The van der Waals surface area contributed by atoms with Gasteiger partial charge in [0.2, 0.25) is 11.8 Å². The molecule has 0 radical (unpaired) electrons. The van der Waals surface area contributed by atoms with Gasteiger partial charge < -0.3 is 29.7 Å². The molecule has 0 aliphatic carbocycles. The van der Waals surface area contributed by atoms with Crippen molar-refractivity contribution in [2.45, 2.75) is 76.2 Å². The van der Waals surface area contributed by atoms with Gasteiger partial charge in [-0.25, -0.2) is 0 Å². The number of cyclic esters (lactones) is 1. The fraction of sp³-hybridized carbons (Fsp3) is 0.474. The number of hydrogen-bond acceptors (Lipinski definition) is 7. The van der Waals surface area contributed by atoms with Crippen molar-refractivity contribution in [3.8, 4) is 0 Å². The van der Waals surface area contributed by atoms with Gasteiger partial charge in [0.1, 0.15) is 18.2 Å². The molecule has 2 N–H and O–H groups in total. The molecule has 6 rings (SSSR count). The van der Waals surface area contributed by atoms with Crippen molar-refractivity contribution in [2.75, 3.05) is 31.2 Å². The van der Waals surface area contributed by atoms with E-state index in [0.29, 0.717) is 32.4 Å². The first-order chi connectivity index (χ1) is 23.3. The van der Waals surface area contributed by atoms with Crippen LogP contribution in [0, 0.1) is 25.7 Å². The van der Waals surface area contributed by atoms with Crippen LogP contribution in [0.15, 0.2) is 72.8 Å². The molecular weight excluding hydrogens is 610 g/mol. The molecule has 0 saturated carbocycles. The summed E-state index contributed by atoms with van der Waals surface area (Å²) in [5.74, 6) is -3.18. The summed E-state index contributed by atoms with van der Waals surface area (Å²) >= 11 is 0. The Morgan fingerprint density at radius 3 is 2.42 bits per heavy atom. The number of aliphatic hydroxyl groups excluding tert-OH is 1. The van der Waals surface area contributed by atoms with E-state index in [9.17, 15) is 24.3 Å². The van der Waals surface area contributed by atoms with E-state index >= 15 is 0 Å². The van der Waals surface area contributed by atoms with Crippen molar-refractivity contribution < 1.29 is 33.8 Å². The Balaban J connectivity index is 1.41. The van der Waals surface area contributed by atoms with Crippen LogP contribution in [0.1, 0.15) is 61.3 Å². The summed E-state index contributed by atoms with van der Waals surface area (Å²) in [6, 6.07) is 13.6. The molecule has 1 spiro atoms. The monoisotopic (exact) mass is 655 g/mol. The maximum Gasteiger partial charge on any atom is 0.306 e. The van der Waals surface area contributed by atoms with E-state index in [-0.39, 0.29) is 37.4 Å². The second-order valence-electron chi connectivity index (χ2n) is 13.2. The first-order valence-electron chi connectivity index (χ1n) is 17.1. The van der Waals surface area contributed by atoms with Crippen molar-refractivity contribution in [1.29, 1.82) is 0 Å². The minimum Gasteiger partial charge on any atom is -0.463 e. The third-order valence-electron chi connectivity index (χ3n) is 10.1. The summed E-state index contributed by atoms with van der Waals surface area (Å²) in [6.07, 6.45) is 9.95. The van der Waals surface area contributed by atoms with Gasteiger partial charge in [-0.05, 0) is 49.8 Å². The Kier molecular flexibility index (Phi) is 10.1. The number of para-hydroxylation sites is 1. The second-order valence-corrected chi connectivity index (χ2v) is 13.2. The highest BCUT2D eigenvalue weighted by Gasteiger charge is 2.71. The van der Waals surface area contributed by atoms with Gasteiger partial charge in [0.25, 0.3) is 5.91 Å². The van der Waals surface area contributed by atoms with Crippen LogP contribution in [0.5, 0.6) is 0 Å². The van der Waals surface area contributed by atoms with Crippen molar-refractivity contribution in [1.82, 2.24) is 10.2 Å². The second kappa shape index (κ2) is 14.5. The summed E-state index contributed by atoms with van der Waals surface area (Å²) in [6.45, 7) is 4.62. The molecule has 3 amide bonds. The number of ether oxygens (including phenoxy) is 2. The molecule has 4 heterocycles. The van der Waals surface area contributed by atoms with Crippen LogP contribution in [0.3, 0.4) is 0 Å². The predicted molar refractivity (Wildman–Crippen MR) is 180 cm³/mol. The Morgan fingerprint density at radius 2 is 1.67 bits per heavy atom. The highest BCUT2D eigenvalue weighted by molar-refractivity contribution is 6.06. The Hall–Kier alpha value is -4.28. The number of esters is 1. The molecule has 2 saturated heterocycles. The average molecular weight is 656 g/mol. The van der Waals surface area contributed by atoms with Gasteiger partial charge in [0.05, 0.1) is 24.0 Å². The number of aryl methyl sites for hydroxylation is 2. The van der Waals surface area contributed by atoms with Crippen LogP contribution < -0.4 is 10.2 Å². The molecule has 10 heteroatoms. The van der Waals surface area contributed by atoms with Crippen LogP contribution in [0.2, 0.25) is 0 Å². The van der Waals surface area contributed by atoms with Crippen molar-refractivity contribution in [3.63, 3.8) is 0 Å². The number of amides is 3. The van der Waals surface area contributed by atoms with Crippen LogP contribution in [0.4, 0.5) is 5.69 Å². The van der Waals surface area contributed by atoms with Gasteiger partial charge in [0, 0.05) is 31.8 Å². The number of benzene rings is 2. The van der Waals surface area contributed by atoms with E-state index in [1.54, 1.807) is 22.0 Å². The summed E-state index contributed by atoms with van der Waals surface area (Å²) < 4.78 is 12.4. The zero-order valence-electron chi connectivity index (χ0n) is 27.7. The Labute approximate surface area is 281 Å². The summed E-state index contributed by atoms with van der Waals surface area (Å²) in [5.41, 5.74) is 2.09. The number of likely N-dealkylation sites (tertiary alicyclic amines) is 1. The highest BCUT2D eigenvalue weighted by Crippen LogP contribution is 2.53. The van der Waals surface area contributed by atoms with Gasteiger partial charge >= 0.3 is 5.97 Å². The lowest BCUT2D eigenvalue weighted by molar-refractivity contribution is -0.146. The molecule has 6 atom stereocenters. The van der Waals surface area contributed by atoms with Gasteiger partial charge in [-0.3, -0.25) is 19.2 Å². The van der Waals surface area contributed by atoms with Gasteiger partial charge in [-0.1, -0.05) is 85.7 Å². The lowest BCUT2D eigenvalue weighted by atomic mass is 9.77. The molecule has 0 unspecified atom stereocenters. The van der Waals surface area contributed by atoms with E-state index in [4.69, 9.17) is 9.47 Å². The smallest absolute Gasteiger partial charge is 0.306 e. The molecule has 4 aliphatic rings. The lowest BCUT2D eigenvalue weighted by Gasteiger charge is -2.36. The number of allylic oxidation sites excluding steroid dienone is 1. The van der Waals surface area contributed by atoms with Crippen molar-refractivity contribution >= 4 is 29.4 Å². The van der Waals surface area contributed by atoms with E-state index in [2.05, 4.69) is 5.32 Å². The molecule has 10 nitrogen and oxygen atoms in total. The van der Waals surface area contributed by atoms with Crippen LogP contribution in [-0.4, -0.2) is 77.7 Å². The van der Waals surface area contributed by atoms with Crippen LogP contribution in [0.25, 0.3) is 0 Å². The number of hydrogen-bond donors (Lipinski definition) is 2. The van der Waals surface area contributed by atoms with Crippen molar-refractivity contribution in [2.24, 2.45) is 11.8 Å². The maximum absolute atomic E-state index is 14.9. The van der Waals surface area contributed by atoms with Gasteiger partial charge in [0.15, 0.2) is 0 Å². The van der Waals surface area contributed by atoms with E-state index in [1.807, 2.05) is 74.5 Å². The minimum atomic E-state index is -1.38. The fourth-order valence-corrected chi connectivity index (χ4v) is 7.86. The molecule has 48 heavy (non-hydrogen) atoms. The van der Waals surface area contributed by atoms with E-state index < -0.39 is 41.5 Å². The highest BCUT2D eigenvalue weighted by atomic mass is 16.5. The molecule has 2 aromatic carbocycles. The first-order valence-corrected chi connectivity index (χ1v) is 17.1. The molecule has 254 valence electrons. The molecule has 2 fully saturated rings. The number of nitrogens with one attached hydrogen (secondary N) is 1. The summed E-state index contributed by atoms with van der Waals surface area (Å²) in [4.78, 5) is 59.9. The number of unbranched alkanes of at least 4 members (excludes halogenated alkanes) is 3. The Morgan fingerprint density at radius 1 is 0.917 bits per heavy atom. The first kappa shape index (κ1) is 33.6. The number of rotatable bonds is 8. The quantitative estimate of drug-likeness (QED) is 0.249. The van der Waals surface area contributed by atoms with E-state index in [1.165, 1.54) is 0 Å². The molecule has 0 aromatic heterocycles. The van der Waals surface area contributed by atoms with Gasteiger partial charge in [-0.15, -0.1) is 0 Å². The number of nitrogens with zero attached hydrogens (tertiary/aromatic N) is 2. The Bertz CT molecular complexity index is 1570. The van der Waals surface area contributed by atoms with Crippen LogP contribution in [-0.2, 0) is 28.7 Å². The number of carbonyl (C=O) groups excluding carboxylic acids is 4. The maximum atomic E-state index is 14.9. The minimum absolute atomic E-state index is 0.0496.